The van der Waals surface area contributed by atoms with Crippen molar-refractivity contribution in [1.29, 1.82) is 0 Å². The molecule has 0 aliphatic carbocycles. The number of carbonyl (C=O) groups is 1. The molecule has 4 N–H and O–H groups in total. The largest absolute Gasteiger partial charge is 0.361 e. The Labute approximate surface area is 162 Å². The molecule has 5 heteroatoms. The molecule has 2 aromatic carbocycles. The van der Waals surface area contributed by atoms with E-state index in [-0.39, 0.29) is 5.91 Å². The van der Waals surface area contributed by atoms with E-state index in [2.05, 4.69) is 45.3 Å². The molecule has 140 valence electrons. The van der Waals surface area contributed by atoms with Gasteiger partial charge in [-0.3, -0.25) is 4.79 Å². The van der Waals surface area contributed by atoms with Gasteiger partial charge in [0.15, 0.2) is 0 Å². The van der Waals surface area contributed by atoms with Crippen molar-refractivity contribution in [3.05, 3.63) is 72.1 Å². The van der Waals surface area contributed by atoms with E-state index in [1.807, 2.05) is 30.5 Å². The number of carbonyl (C=O) groups excluding carboxylic acids is 1. The molecule has 0 fully saturated rings. The third kappa shape index (κ3) is 2.55. The van der Waals surface area contributed by atoms with Crippen LogP contribution in [0, 0.1) is 0 Å². The summed E-state index contributed by atoms with van der Waals surface area (Å²) in [6.07, 6.45) is 5.02. The van der Waals surface area contributed by atoms with E-state index in [0.29, 0.717) is 13.1 Å². The van der Waals surface area contributed by atoms with Crippen LogP contribution in [-0.4, -0.2) is 28.5 Å². The maximum atomic E-state index is 12.9. The monoisotopic (exact) mass is 370 g/mol. The van der Waals surface area contributed by atoms with Crippen LogP contribution in [0.1, 0.15) is 17.5 Å². The van der Waals surface area contributed by atoms with Gasteiger partial charge in [-0.15, -0.1) is 0 Å². The second-order valence-corrected chi connectivity index (χ2v) is 7.18. The summed E-state index contributed by atoms with van der Waals surface area (Å²) in [6, 6.07) is 16.5. The number of hydrogen-bond donors (Lipinski definition) is 3. The third-order valence-corrected chi connectivity index (χ3v) is 5.53. The number of fused-ring (bicyclic) bond motifs is 2. The smallest absolute Gasteiger partial charge is 0.252 e. The molecule has 5 nitrogen and oxygen atoms in total. The van der Waals surface area contributed by atoms with Crippen LogP contribution in [0.3, 0.4) is 0 Å². The number of rotatable bonds is 5. The molecule has 0 atom stereocenters. The number of aromatic nitrogens is 2. The van der Waals surface area contributed by atoms with Gasteiger partial charge >= 0.3 is 0 Å². The molecule has 28 heavy (non-hydrogen) atoms. The number of hydrogen-bond acceptors (Lipinski definition) is 2. The van der Waals surface area contributed by atoms with Crippen molar-refractivity contribution >= 4 is 38.9 Å². The maximum absolute atomic E-state index is 12.9. The minimum atomic E-state index is -0.0120. The van der Waals surface area contributed by atoms with Crippen molar-refractivity contribution in [2.45, 2.75) is 13.0 Å². The highest BCUT2D eigenvalue weighted by Crippen LogP contribution is 2.37. The van der Waals surface area contributed by atoms with Crippen molar-refractivity contribution in [3.63, 3.8) is 0 Å². The lowest BCUT2D eigenvalue weighted by Gasteiger charge is -2.04. The molecule has 2 aromatic heterocycles. The zero-order valence-corrected chi connectivity index (χ0v) is 15.5. The van der Waals surface area contributed by atoms with Gasteiger partial charge in [0.25, 0.3) is 5.91 Å². The molecule has 1 aliphatic heterocycles. The number of nitrogens with one attached hydrogen (secondary N) is 2. The number of nitrogens with two attached hydrogens (primary N) is 1. The Hall–Kier alpha value is -3.31. The Balaban J connectivity index is 1.74. The first kappa shape index (κ1) is 16.8. The minimum Gasteiger partial charge on any atom is -0.361 e. The van der Waals surface area contributed by atoms with E-state index in [1.54, 1.807) is 0 Å². The summed E-state index contributed by atoms with van der Waals surface area (Å²) in [5.74, 6) is -0.0120. The van der Waals surface area contributed by atoms with Crippen LogP contribution in [0.25, 0.3) is 33.0 Å². The standard InChI is InChI=1S/C23H22N4O/c24-10-5-11-27-14-19(16-7-2-4-9-21(16)27)22-18(13-26-23(22)28)17-12-25-20-8-3-1-6-15(17)20/h1-4,6-9,12,14,25H,5,10-11,13,24H2,(H,26,28). The number of nitrogens with zero attached hydrogens (tertiary/aromatic N) is 1. The topological polar surface area (TPSA) is 75.8 Å². The third-order valence-electron chi connectivity index (χ3n) is 5.53. The van der Waals surface area contributed by atoms with Crippen LogP contribution < -0.4 is 11.1 Å². The Morgan fingerprint density at radius 2 is 1.79 bits per heavy atom. The average molecular weight is 370 g/mol. The van der Waals surface area contributed by atoms with Crippen LogP contribution in [0.2, 0.25) is 0 Å². The highest BCUT2D eigenvalue weighted by molar-refractivity contribution is 6.33. The summed E-state index contributed by atoms with van der Waals surface area (Å²) < 4.78 is 2.21. The maximum Gasteiger partial charge on any atom is 0.252 e. The lowest BCUT2D eigenvalue weighted by Crippen LogP contribution is -2.16. The first-order valence-corrected chi connectivity index (χ1v) is 9.64. The summed E-state index contributed by atoms with van der Waals surface area (Å²) in [5, 5.41) is 5.27. The van der Waals surface area contributed by atoms with Crippen molar-refractivity contribution in [2.24, 2.45) is 5.73 Å². The van der Waals surface area contributed by atoms with Gasteiger partial charge in [0, 0.05) is 58.4 Å². The molecular weight excluding hydrogens is 348 g/mol. The second kappa shape index (κ2) is 6.69. The molecule has 5 rings (SSSR count). The van der Waals surface area contributed by atoms with Crippen LogP contribution >= 0.6 is 0 Å². The minimum absolute atomic E-state index is 0.0120. The normalized spacial score (nSPS) is 14.4. The quantitative estimate of drug-likeness (QED) is 0.503. The molecule has 0 saturated heterocycles. The van der Waals surface area contributed by atoms with E-state index in [1.165, 1.54) is 0 Å². The molecule has 4 aromatic rings. The first-order valence-electron chi connectivity index (χ1n) is 9.64. The summed E-state index contributed by atoms with van der Waals surface area (Å²) in [7, 11) is 0. The fourth-order valence-electron chi connectivity index (χ4n) is 4.21. The fourth-order valence-corrected chi connectivity index (χ4v) is 4.21. The van der Waals surface area contributed by atoms with E-state index in [9.17, 15) is 4.79 Å². The van der Waals surface area contributed by atoms with Gasteiger partial charge < -0.3 is 20.6 Å². The van der Waals surface area contributed by atoms with E-state index in [4.69, 9.17) is 5.73 Å². The molecule has 0 unspecified atom stereocenters. The molecule has 1 aliphatic rings. The predicted molar refractivity (Wildman–Crippen MR) is 114 cm³/mol. The molecule has 1 amide bonds. The van der Waals surface area contributed by atoms with E-state index in [0.717, 1.165) is 57.0 Å². The van der Waals surface area contributed by atoms with Crippen molar-refractivity contribution in [3.8, 4) is 0 Å². The highest BCUT2D eigenvalue weighted by Gasteiger charge is 2.28. The SMILES string of the molecule is NCCCn1cc(C2=C(c3c[nH]c4ccccc34)CNC2=O)c2ccccc21. The first-order chi connectivity index (χ1) is 13.8. The zero-order valence-electron chi connectivity index (χ0n) is 15.5. The molecule has 0 saturated carbocycles. The Morgan fingerprint density at radius 1 is 1.00 bits per heavy atom. The average Bonchev–Trinajstić information content (AvgIpc) is 3.41. The zero-order chi connectivity index (χ0) is 19.1. The number of aryl methyl sites for hydroxylation is 1. The van der Waals surface area contributed by atoms with Gasteiger partial charge in [-0.25, -0.2) is 0 Å². The Kier molecular flexibility index (Phi) is 4.02. The van der Waals surface area contributed by atoms with E-state index < -0.39 is 0 Å². The number of H-pyrrole nitrogens is 1. The van der Waals surface area contributed by atoms with E-state index >= 15 is 0 Å². The summed E-state index contributed by atoms with van der Waals surface area (Å²) in [4.78, 5) is 16.2. The van der Waals surface area contributed by atoms with Gasteiger partial charge in [-0.05, 0) is 30.7 Å². The van der Waals surface area contributed by atoms with Crippen molar-refractivity contribution < 1.29 is 4.79 Å². The predicted octanol–water partition coefficient (Wildman–Crippen LogP) is 3.51. The van der Waals surface area contributed by atoms with Crippen LogP contribution in [0.15, 0.2) is 60.9 Å². The van der Waals surface area contributed by atoms with Crippen molar-refractivity contribution in [1.82, 2.24) is 14.9 Å². The van der Waals surface area contributed by atoms with Crippen molar-refractivity contribution in [2.75, 3.05) is 13.1 Å². The summed E-state index contributed by atoms with van der Waals surface area (Å²) in [6.45, 7) is 2.03. The number of aromatic amines is 1. The number of benzene rings is 2. The number of amides is 1. The van der Waals surface area contributed by atoms with Gasteiger partial charge in [0.1, 0.15) is 0 Å². The molecule has 0 bridgehead atoms. The van der Waals surface area contributed by atoms with Gasteiger partial charge in [0.05, 0.1) is 5.57 Å². The number of para-hydroxylation sites is 2. The lowest BCUT2D eigenvalue weighted by molar-refractivity contribution is -0.114. The van der Waals surface area contributed by atoms with Gasteiger partial charge in [-0.2, -0.15) is 0 Å². The molecule has 0 spiro atoms. The lowest BCUT2D eigenvalue weighted by atomic mass is 9.96. The fraction of sp³-hybridized carbons (Fsp3) is 0.174. The van der Waals surface area contributed by atoms with Gasteiger partial charge in [0.2, 0.25) is 0 Å². The summed E-state index contributed by atoms with van der Waals surface area (Å²) in [5.41, 5.74) is 11.8. The molecule has 0 radical (unpaired) electrons. The Bertz CT molecular complexity index is 1230. The Morgan fingerprint density at radius 3 is 2.64 bits per heavy atom. The van der Waals surface area contributed by atoms with Gasteiger partial charge in [-0.1, -0.05) is 36.4 Å². The van der Waals surface area contributed by atoms with Crippen LogP contribution in [0.4, 0.5) is 0 Å². The molecular formula is C23H22N4O. The highest BCUT2D eigenvalue weighted by atomic mass is 16.1. The van der Waals surface area contributed by atoms with Crippen LogP contribution in [0.5, 0.6) is 0 Å². The van der Waals surface area contributed by atoms with Crippen LogP contribution in [-0.2, 0) is 11.3 Å². The second-order valence-electron chi connectivity index (χ2n) is 7.18. The molecule has 3 heterocycles. The summed E-state index contributed by atoms with van der Waals surface area (Å²) >= 11 is 0.